The molecule has 0 fully saturated rings. The Bertz CT molecular complexity index is 949. The lowest BCUT2D eigenvalue weighted by Crippen LogP contribution is -2.35. The third kappa shape index (κ3) is 5.26. The van der Waals surface area contributed by atoms with Crippen molar-refractivity contribution < 1.29 is 14.2 Å². The van der Waals surface area contributed by atoms with Crippen molar-refractivity contribution in [3.8, 4) is 17.2 Å². The second-order valence-corrected chi connectivity index (χ2v) is 7.78. The molecule has 3 aromatic rings. The molecule has 0 aliphatic heterocycles. The van der Waals surface area contributed by atoms with Gasteiger partial charge in [-0.15, -0.1) is 0 Å². The van der Waals surface area contributed by atoms with Crippen molar-refractivity contribution in [1.82, 2.24) is 0 Å². The minimum atomic E-state index is -0.191. The smallest absolute Gasteiger partial charge is 0.161 e. The van der Waals surface area contributed by atoms with Gasteiger partial charge in [0, 0.05) is 16.2 Å². The second-order valence-electron chi connectivity index (χ2n) is 6.93. The van der Waals surface area contributed by atoms with Gasteiger partial charge in [-0.3, -0.25) is 0 Å². The lowest BCUT2D eigenvalue weighted by Gasteiger charge is -2.27. The molecule has 3 N–H and O–H groups in total. The van der Waals surface area contributed by atoms with Crippen LogP contribution in [0.4, 0.5) is 5.69 Å². The number of hydrogen-bond acceptors (Lipinski definition) is 5. The van der Waals surface area contributed by atoms with Gasteiger partial charge < -0.3 is 25.3 Å². The van der Waals surface area contributed by atoms with Crippen molar-refractivity contribution in [2.24, 2.45) is 5.73 Å². The van der Waals surface area contributed by atoms with Crippen molar-refractivity contribution in [3.63, 3.8) is 0 Å². The first kappa shape index (κ1) is 22.0. The number of ether oxygens (including phenoxy) is 3. The van der Waals surface area contributed by atoms with Crippen molar-refractivity contribution in [2.75, 3.05) is 26.6 Å². The van der Waals surface area contributed by atoms with Crippen LogP contribution in [0.1, 0.15) is 17.2 Å². The van der Waals surface area contributed by atoms with Gasteiger partial charge in [-0.05, 0) is 53.9 Å². The number of anilines is 1. The van der Waals surface area contributed by atoms with Crippen LogP contribution in [-0.2, 0) is 6.42 Å². The third-order valence-electron chi connectivity index (χ3n) is 5.01. The van der Waals surface area contributed by atoms with Gasteiger partial charge in [0.15, 0.2) is 11.5 Å². The van der Waals surface area contributed by atoms with Gasteiger partial charge in [0.25, 0.3) is 0 Å². The van der Waals surface area contributed by atoms with Crippen molar-refractivity contribution >= 4 is 21.6 Å². The first-order valence-electron chi connectivity index (χ1n) is 9.67. The molecule has 2 atom stereocenters. The Balaban J connectivity index is 1.88. The summed E-state index contributed by atoms with van der Waals surface area (Å²) in [7, 11) is 4.92. The van der Waals surface area contributed by atoms with E-state index in [2.05, 4.69) is 33.4 Å². The zero-order valence-corrected chi connectivity index (χ0v) is 19.0. The number of halogens is 1. The van der Waals surface area contributed by atoms with Gasteiger partial charge >= 0.3 is 0 Å². The normalized spacial score (nSPS) is 12.7. The lowest BCUT2D eigenvalue weighted by atomic mass is 9.94. The van der Waals surface area contributed by atoms with Crippen molar-refractivity contribution in [2.45, 2.75) is 18.5 Å². The van der Waals surface area contributed by atoms with E-state index < -0.39 is 0 Å². The minimum absolute atomic E-state index is 0.0837. The molecule has 0 saturated heterocycles. The van der Waals surface area contributed by atoms with E-state index in [0.29, 0.717) is 17.9 Å². The molecule has 6 heteroatoms. The summed E-state index contributed by atoms with van der Waals surface area (Å²) in [5, 5.41) is 3.59. The highest BCUT2D eigenvalue weighted by Crippen LogP contribution is 2.35. The highest BCUT2D eigenvalue weighted by Gasteiger charge is 2.22. The summed E-state index contributed by atoms with van der Waals surface area (Å²) in [6.07, 6.45) is 0.643. The topological polar surface area (TPSA) is 65.7 Å². The summed E-state index contributed by atoms with van der Waals surface area (Å²) < 4.78 is 17.0. The Morgan fingerprint density at radius 1 is 0.867 bits per heavy atom. The standard InChI is InChI=1S/C24H27BrN2O3/c1-28-19-11-9-18(10-12-19)27-24(16-7-5-4-6-8-16)21(26)13-17-14-22(29-2)23(30-3)15-20(17)25/h4-12,14-15,21,24,27H,13,26H2,1-3H3/t21-,24+/m0/s1. The van der Waals surface area contributed by atoms with Crippen LogP contribution in [0.5, 0.6) is 17.2 Å². The van der Waals surface area contributed by atoms with E-state index in [-0.39, 0.29) is 12.1 Å². The molecule has 0 bridgehead atoms. The summed E-state index contributed by atoms with van der Waals surface area (Å²) in [6.45, 7) is 0. The number of rotatable bonds is 9. The van der Waals surface area contributed by atoms with Crippen LogP contribution in [0.15, 0.2) is 71.2 Å². The fourth-order valence-corrected chi connectivity index (χ4v) is 3.87. The fourth-order valence-electron chi connectivity index (χ4n) is 3.39. The Hall–Kier alpha value is -2.70. The predicted molar refractivity (Wildman–Crippen MR) is 125 cm³/mol. The summed E-state index contributed by atoms with van der Waals surface area (Å²) in [5.74, 6) is 2.18. The molecule has 3 aromatic carbocycles. The second kappa shape index (κ2) is 10.4. The molecule has 158 valence electrons. The molecule has 30 heavy (non-hydrogen) atoms. The quantitative estimate of drug-likeness (QED) is 0.449. The van der Waals surface area contributed by atoms with E-state index in [0.717, 1.165) is 27.0 Å². The number of hydrogen-bond donors (Lipinski definition) is 2. The molecule has 0 heterocycles. The zero-order valence-electron chi connectivity index (χ0n) is 17.4. The van der Waals surface area contributed by atoms with E-state index in [1.807, 2.05) is 54.6 Å². The molecule has 0 radical (unpaired) electrons. The molecule has 0 amide bonds. The van der Waals surface area contributed by atoms with Crippen LogP contribution in [0.25, 0.3) is 0 Å². The number of nitrogens with one attached hydrogen (secondary N) is 1. The molecule has 0 spiro atoms. The van der Waals surface area contributed by atoms with E-state index in [4.69, 9.17) is 19.9 Å². The molecule has 5 nitrogen and oxygen atoms in total. The van der Waals surface area contributed by atoms with Crippen molar-refractivity contribution in [1.29, 1.82) is 0 Å². The summed E-state index contributed by atoms with van der Waals surface area (Å²) in [5.41, 5.74) is 9.89. The third-order valence-corrected chi connectivity index (χ3v) is 5.75. The van der Waals surface area contributed by atoms with Crippen LogP contribution in [0.3, 0.4) is 0 Å². The van der Waals surface area contributed by atoms with Crippen LogP contribution in [0, 0.1) is 0 Å². The van der Waals surface area contributed by atoms with E-state index in [1.165, 1.54) is 0 Å². The molecular formula is C24H27BrN2O3. The SMILES string of the molecule is COc1ccc(N[C@H](c2ccccc2)[C@@H](N)Cc2cc(OC)c(OC)cc2Br)cc1. The van der Waals surface area contributed by atoms with Crippen LogP contribution >= 0.6 is 15.9 Å². The summed E-state index contributed by atoms with van der Waals surface area (Å²) in [4.78, 5) is 0. The monoisotopic (exact) mass is 470 g/mol. The van der Waals surface area contributed by atoms with Crippen LogP contribution < -0.4 is 25.3 Å². The van der Waals surface area contributed by atoms with Crippen molar-refractivity contribution in [3.05, 3.63) is 82.3 Å². The molecule has 3 rings (SSSR count). The van der Waals surface area contributed by atoms with Gasteiger partial charge in [0.05, 0.1) is 27.4 Å². The first-order chi connectivity index (χ1) is 14.5. The predicted octanol–water partition coefficient (Wildman–Crippen LogP) is 5.20. The Morgan fingerprint density at radius 2 is 1.50 bits per heavy atom. The Labute approximate surface area is 186 Å². The largest absolute Gasteiger partial charge is 0.497 e. The zero-order chi connectivity index (χ0) is 21.5. The van der Waals surface area contributed by atoms with Gasteiger partial charge in [-0.25, -0.2) is 0 Å². The summed E-state index contributed by atoms with van der Waals surface area (Å²) in [6, 6.07) is 21.7. The van der Waals surface area contributed by atoms with Gasteiger partial charge in [-0.2, -0.15) is 0 Å². The van der Waals surface area contributed by atoms with Gasteiger partial charge in [0.1, 0.15) is 5.75 Å². The maximum Gasteiger partial charge on any atom is 0.161 e. The van der Waals surface area contributed by atoms with E-state index >= 15 is 0 Å². The Kier molecular flexibility index (Phi) is 7.60. The average molecular weight is 471 g/mol. The molecule has 0 aromatic heterocycles. The van der Waals surface area contributed by atoms with Crippen LogP contribution in [-0.4, -0.2) is 27.4 Å². The molecule has 0 unspecified atom stereocenters. The van der Waals surface area contributed by atoms with Crippen LogP contribution in [0.2, 0.25) is 0 Å². The highest BCUT2D eigenvalue weighted by atomic mass is 79.9. The highest BCUT2D eigenvalue weighted by molar-refractivity contribution is 9.10. The number of benzene rings is 3. The molecule has 0 aliphatic rings. The number of nitrogens with two attached hydrogens (primary N) is 1. The first-order valence-corrected chi connectivity index (χ1v) is 10.5. The lowest BCUT2D eigenvalue weighted by molar-refractivity contribution is 0.354. The fraction of sp³-hybridized carbons (Fsp3) is 0.250. The Morgan fingerprint density at radius 3 is 2.10 bits per heavy atom. The maximum atomic E-state index is 6.74. The van der Waals surface area contributed by atoms with Gasteiger partial charge in [-0.1, -0.05) is 46.3 Å². The van der Waals surface area contributed by atoms with E-state index in [9.17, 15) is 0 Å². The summed E-state index contributed by atoms with van der Waals surface area (Å²) >= 11 is 3.64. The van der Waals surface area contributed by atoms with Gasteiger partial charge in [0.2, 0.25) is 0 Å². The maximum absolute atomic E-state index is 6.74. The number of methoxy groups -OCH3 is 3. The molecule has 0 saturated carbocycles. The molecular weight excluding hydrogens is 444 g/mol. The molecule has 0 aliphatic carbocycles. The average Bonchev–Trinajstić information content (AvgIpc) is 2.79. The minimum Gasteiger partial charge on any atom is -0.497 e. The van der Waals surface area contributed by atoms with E-state index in [1.54, 1.807) is 21.3 Å².